The molecule has 1 aliphatic heterocycles. The first-order valence-electron chi connectivity index (χ1n) is 5.56. The van der Waals surface area contributed by atoms with Crippen LogP contribution in [0.4, 0.5) is 0 Å². The second-order valence-electron chi connectivity index (χ2n) is 4.00. The van der Waals surface area contributed by atoms with Crippen LogP contribution in [-0.2, 0) is 11.3 Å². The van der Waals surface area contributed by atoms with E-state index in [1.807, 2.05) is 0 Å². The van der Waals surface area contributed by atoms with E-state index in [1.165, 1.54) is 0 Å². The number of hydrogen-bond donors (Lipinski definition) is 2. The van der Waals surface area contributed by atoms with Crippen molar-refractivity contribution in [1.82, 2.24) is 5.32 Å². The highest BCUT2D eigenvalue weighted by atomic mass is 35.5. The molecule has 1 fully saturated rings. The molecule has 0 amide bonds. The van der Waals surface area contributed by atoms with Crippen molar-refractivity contribution in [3.63, 3.8) is 0 Å². The molecule has 16 heavy (non-hydrogen) atoms. The van der Waals surface area contributed by atoms with Gasteiger partial charge >= 0.3 is 0 Å². The lowest BCUT2D eigenvalue weighted by atomic mass is 10.2. The summed E-state index contributed by atoms with van der Waals surface area (Å²) in [5.41, 5.74) is 0.752. The highest BCUT2D eigenvalue weighted by Gasteiger charge is 2.15. The number of ether oxygens (including phenoxy) is 1. The second kappa shape index (κ2) is 5.53. The minimum absolute atomic E-state index is 0.243. The summed E-state index contributed by atoms with van der Waals surface area (Å²) in [6.07, 6.45) is 2.56. The van der Waals surface area contributed by atoms with Gasteiger partial charge in [0.05, 0.1) is 6.10 Å². The molecule has 0 spiro atoms. The summed E-state index contributed by atoms with van der Waals surface area (Å²) in [7, 11) is 0. The molecular formula is C12H16ClNO2. The van der Waals surface area contributed by atoms with Crippen molar-refractivity contribution in [2.75, 3.05) is 13.2 Å². The molecule has 1 aromatic carbocycles. The fourth-order valence-corrected chi connectivity index (χ4v) is 2.12. The molecule has 88 valence electrons. The van der Waals surface area contributed by atoms with Gasteiger partial charge in [0.15, 0.2) is 0 Å². The third-order valence-electron chi connectivity index (χ3n) is 2.79. The second-order valence-corrected chi connectivity index (χ2v) is 4.41. The lowest BCUT2D eigenvalue weighted by molar-refractivity contribution is 0.110. The van der Waals surface area contributed by atoms with Crippen LogP contribution in [0.2, 0.25) is 5.02 Å². The largest absolute Gasteiger partial charge is 0.508 e. The van der Waals surface area contributed by atoms with E-state index < -0.39 is 0 Å². The summed E-state index contributed by atoms with van der Waals surface area (Å²) < 4.78 is 5.49. The minimum atomic E-state index is 0.243. The Balaban J connectivity index is 1.84. The van der Waals surface area contributed by atoms with Gasteiger partial charge in [0, 0.05) is 30.3 Å². The first-order chi connectivity index (χ1) is 7.77. The van der Waals surface area contributed by atoms with Crippen molar-refractivity contribution < 1.29 is 9.84 Å². The van der Waals surface area contributed by atoms with Crippen LogP contribution in [0.15, 0.2) is 18.2 Å². The van der Waals surface area contributed by atoms with Gasteiger partial charge in [0.1, 0.15) is 5.75 Å². The van der Waals surface area contributed by atoms with Crippen LogP contribution >= 0.6 is 11.6 Å². The van der Waals surface area contributed by atoms with E-state index in [1.54, 1.807) is 18.2 Å². The zero-order chi connectivity index (χ0) is 11.4. The van der Waals surface area contributed by atoms with Crippen LogP contribution in [0.3, 0.4) is 0 Å². The van der Waals surface area contributed by atoms with E-state index in [-0.39, 0.29) is 5.75 Å². The fourth-order valence-electron chi connectivity index (χ4n) is 1.89. The van der Waals surface area contributed by atoms with Gasteiger partial charge in [-0.05, 0) is 25.0 Å². The third-order valence-corrected chi connectivity index (χ3v) is 3.15. The Morgan fingerprint density at radius 2 is 2.38 bits per heavy atom. The van der Waals surface area contributed by atoms with Crippen molar-refractivity contribution in [2.45, 2.75) is 25.5 Å². The molecule has 0 radical (unpaired) electrons. The van der Waals surface area contributed by atoms with Crippen LogP contribution in [0.1, 0.15) is 18.4 Å². The minimum Gasteiger partial charge on any atom is -0.508 e. The maximum Gasteiger partial charge on any atom is 0.121 e. The van der Waals surface area contributed by atoms with Crippen molar-refractivity contribution in [2.24, 2.45) is 0 Å². The van der Waals surface area contributed by atoms with Crippen molar-refractivity contribution in [1.29, 1.82) is 0 Å². The molecule has 0 saturated carbocycles. The number of aromatic hydroxyl groups is 1. The van der Waals surface area contributed by atoms with E-state index in [9.17, 15) is 5.11 Å². The fraction of sp³-hybridized carbons (Fsp3) is 0.500. The van der Waals surface area contributed by atoms with E-state index in [0.717, 1.165) is 31.6 Å². The van der Waals surface area contributed by atoms with Crippen molar-refractivity contribution in [3.05, 3.63) is 28.8 Å². The standard InChI is InChI=1S/C12H16ClNO2/c13-11-4-1-5-12(15)10(11)8-14-7-9-3-2-6-16-9/h1,4-5,9,14-15H,2-3,6-8H2/t9-/m0/s1. The van der Waals surface area contributed by atoms with Crippen LogP contribution < -0.4 is 5.32 Å². The number of rotatable bonds is 4. The van der Waals surface area contributed by atoms with Gasteiger partial charge in [0.2, 0.25) is 0 Å². The maximum atomic E-state index is 9.63. The number of phenols is 1. The number of phenolic OH excluding ortho intramolecular Hbond substituents is 1. The van der Waals surface area contributed by atoms with Crippen molar-refractivity contribution >= 4 is 11.6 Å². The zero-order valence-corrected chi connectivity index (χ0v) is 9.83. The van der Waals surface area contributed by atoms with Crippen LogP contribution in [0.5, 0.6) is 5.75 Å². The molecule has 1 atom stereocenters. The molecule has 0 unspecified atom stereocenters. The smallest absolute Gasteiger partial charge is 0.121 e. The molecule has 1 aromatic rings. The topological polar surface area (TPSA) is 41.5 Å². The highest BCUT2D eigenvalue weighted by molar-refractivity contribution is 6.31. The Labute approximate surface area is 100 Å². The average Bonchev–Trinajstić information content (AvgIpc) is 2.75. The predicted octanol–water partition coefficient (Wildman–Crippen LogP) is 2.31. The molecule has 4 heteroatoms. The van der Waals surface area contributed by atoms with Gasteiger partial charge in [-0.25, -0.2) is 0 Å². The lowest BCUT2D eigenvalue weighted by Gasteiger charge is -2.12. The van der Waals surface area contributed by atoms with E-state index in [2.05, 4.69) is 5.32 Å². The zero-order valence-electron chi connectivity index (χ0n) is 9.08. The van der Waals surface area contributed by atoms with Gasteiger partial charge < -0.3 is 15.2 Å². The summed E-state index contributed by atoms with van der Waals surface area (Å²) in [5, 5.41) is 13.5. The van der Waals surface area contributed by atoms with E-state index in [4.69, 9.17) is 16.3 Å². The Morgan fingerprint density at radius 1 is 1.50 bits per heavy atom. The summed E-state index contributed by atoms with van der Waals surface area (Å²) in [6, 6.07) is 5.17. The van der Waals surface area contributed by atoms with Crippen LogP contribution in [-0.4, -0.2) is 24.4 Å². The molecule has 0 aromatic heterocycles. The Hall–Kier alpha value is -0.770. The molecule has 0 bridgehead atoms. The summed E-state index contributed by atoms with van der Waals surface area (Å²) in [4.78, 5) is 0. The Morgan fingerprint density at radius 3 is 3.06 bits per heavy atom. The molecule has 1 aliphatic rings. The quantitative estimate of drug-likeness (QED) is 0.850. The summed E-state index contributed by atoms with van der Waals surface area (Å²) in [6.45, 7) is 2.25. The van der Waals surface area contributed by atoms with Crippen LogP contribution in [0, 0.1) is 0 Å². The normalized spacial score (nSPS) is 20.2. The first kappa shape index (κ1) is 11.7. The molecule has 3 nitrogen and oxygen atoms in total. The third kappa shape index (κ3) is 2.88. The molecule has 2 rings (SSSR count). The highest BCUT2D eigenvalue weighted by Crippen LogP contribution is 2.24. The number of halogens is 1. The van der Waals surface area contributed by atoms with Gasteiger partial charge in [-0.3, -0.25) is 0 Å². The Kier molecular flexibility index (Phi) is 4.04. The monoisotopic (exact) mass is 241 g/mol. The predicted molar refractivity (Wildman–Crippen MR) is 63.8 cm³/mol. The average molecular weight is 242 g/mol. The van der Waals surface area contributed by atoms with E-state index in [0.29, 0.717) is 17.7 Å². The first-order valence-corrected chi connectivity index (χ1v) is 5.94. The SMILES string of the molecule is Oc1cccc(Cl)c1CNC[C@@H]1CCCO1. The lowest BCUT2D eigenvalue weighted by Crippen LogP contribution is -2.25. The van der Waals surface area contributed by atoms with Gasteiger partial charge in [-0.1, -0.05) is 17.7 Å². The number of nitrogens with one attached hydrogen (secondary N) is 1. The molecule has 1 heterocycles. The molecular weight excluding hydrogens is 226 g/mol. The van der Waals surface area contributed by atoms with Gasteiger partial charge in [-0.2, -0.15) is 0 Å². The van der Waals surface area contributed by atoms with Crippen LogP contribution in [0.25, 0.3) is 0 Å². The Bertz CT molecular complexity index is 331. The van der Waals surface area contributed by atoms with Gasteiger partial charge in [-0.15, -0.1) is 0 Å². The van der Waals surface area contributed by atoms with Crippen molar-refractivity contribution in [3.8, 4) is 5.75 Å². The number of benzene rings is 1. The molecule has 0 aliphatic carbocycles. The summed E-state index contributed by atoms with van der Waals surface area (Å²) >= 11 is 5.99. The van der Waals surface area contributed by atoms with E-state index >= 15 is 0 Å². The number of hydrogen-bond acceptors (Lipinski definition) is 3. The maximum absolute atomic E-state index is 9.63. The molecule has 2 N–H and O–H groups in total. The van der Waals surface area contributed by atoms with Gasteiger partial charge in [0.25, 0.3) is 0 Å². The summed E-state index contributed by atoms with van der Waals surface area (Å²) in [5.74, 6) is 0.243. The molecule has 1 saturated heterocycles.